The fourth-order valence-electron chi connectivity index (χ4n) is 2.96. The van der Waals surface area contributed by atoms with Crippen LogP contribution in [0.15, 0.2) is 91.1 Å². The number of nitrogens with zero attached hydrogens (tertiary/aromatic N) is 2. The number of para-hydroxylation sites is 1. The van der Waals surface area contributed by atoms with E-state index in [-0.39, 0.29) is 5.78 Å². The summed E-state index contributed by atoms with van der Waals surface area (Å²) in [6.07, 6.45) is 1.80. The van der Waals surface area contributed by atoms with Gasteiger partial charge in [0.15, 0.2) is 5.78 Å². The third-order valence-electron chi connectivity index (χ3n) is 4.38. The second kappa shape index (κ2) is 7.30. The van der Waals surface area contributed by atoms with E-state index in [9.17, 15) is 4.79 Å². The Labute approximate surface area is 157 Å². The van der Waals surface area contributed by atoms with Gasteiger partial charge in [-0.15, -0.1) is 0 Å². The predicted molar refractivity (Wildman–Crippen MR) is 105 cm³/mol. The summed E-state index contributed by atoms with van der Waals surface area (Å²) in [6, 6.07) is 26.7. The number of hydrogen-bond donors (Lipinski definition) is 0. The zero-order valence-corrected chi connectivity index (χ0v) is 14.9. The zero-order valence-electron chi connectivity index (χ0n) is 14.9. The molecule has 4 nitrogen and oxygen atoms in total. The van der Waals surface area contributed by atoms with Gasteiger partial charge < -0.3 is 4.74 Å². The van der Waals surface area contributed by atoms with Gasteiger partial charge in [-0.1, -0.05) is 48.5 Å². The average molecular weight is 354 g/mol. The molecule has 0 saturated heterocycles. The number of benzene rings is 3. The molecule has 0 atom stereocenters. The van der Waals surface area contributed by atoms with Gasteiger partial charge >= 0.3 is 0 Å². The number of carbonyl (C=O) groups excluding carboxylic acids is 1. The summed E-state index contributed by atoms with van der Waals surface area (Å²) in [5.41, 5.74) is 3.64. The molecule has 0 radical (unpaired) electrons. The Balaban J connectivity index is 1.82. The molecule has 0 saturated carbocycles. The molecule has 4 heteroatoms. The molecule has 132 valence electrons. The van der Waals surface area contributed by atoms with Crippen LogP contribution in [0.4, 0.5) is 0 Å². The SMILES string of the molecule is COc1ccc(C(=O)c2cn(-c3ccccc3)nc2-c2ccccc2)cc1. The molecular formula is C23H18N2O2. The summed E-state index contributed by atoms with van der Waals surface area (Å²) in [4.78, 5) is 13.2. The fraction of sp³-hybridized carbons (Fsp3) is 0.0435. The first-order valence-electron chi connectivity index (χ1n) is 8.65. The number of ketones is 1. The molecule has 3 aromatic carbocycles. The van der Waals surface area contributed by atoms with Crippen LogP contribution in [0.3, 0.4) is 0 Å². The Morgan fingerprint density at radius 3 is 2.11 bits per heavy atom. The van der Waals surface area contributed by atoms with Gasteiger partial charge in [0.2, 0.25) is 0 Å². The maximum absolute atomic E-state index is 13.2. The van der Waals surface area contributed by atoms with Crippen LogP contribution < -0.4 is 4.74 Å². The first kappa shape index (κ1) is 16.8. The standard InChI is InChI=1S/C23H18N2O2/c1-27-20-14-12-18(13-15-20)23(26)21-16-25(19-10-6-3-7-11-19)24-22(21)17-8-4-2-5-9-17/h2-16H,1H3. The van der Waals surface area contributed by atoms with Crippen LogP contribution in [0.2, 0.25) is 0 Å². The van der Waals surface area contributed by atoms with Gasteiger partial charge in [-0.05, 0) is 36.4 Å². The van der Waals surface area contributed by atoms with Gasteiger partial charge in [0, 0.05) is 17.3 Å². The van der Waals surface area contributed by atoms with Crippen LogP contribution in [0.5, 0.6) is 5.75 Å². The van der Waals surface area contributed by atoms with Crippen molar-refractivity contribution in [3.63, 3.8) is 0 Å². The lowest BCUT2D eigenvalue weighted by Gasteiger charge is -2.04. The molecule has 0 aliphatic carbocycles. The highest BCUT2D eigenvalue weighted by atomic mass is 16.5. The summed E-state index contributed by atoms with van der Waals surface area (Å²) in [7, 11) is 1.61. The molecular weight excluding hydrogens is 336 g/mol. The number of aromatic nitrogens is 2. The Morgan fingerprint density at radius 1 is 0.852 bits per heavy atom. The molecule has 27 heavy (non-hydrogen) atoms. The van der Waals surface area contributed by atoms with E-state index in [1.54, 1.807) is 42.3 Å². The van der Waals surface area contributed by atoms with E-state index in [2.05, 4.69) is 0 Å². The highest BCUT2D eigenvalue weighted by Crippen LogP contribution is 2.26. The van der Waals surface area contributed by atoms with Crippen molar-refractivity contribution in [3.05, 3.63) is 102 Å². The molecule has 1 heterocycles. The van der Waals surface area contributed by atoms with Gasteiger partial charge in [-0.25, -0.2) is 4.68 Å². The molecule has 1 aromatic heterocycles. The maximum Gasteiger partial charge on any atom is 0.196 e. The van der Waals surface area contributed by atoms with Gasteiger partial charge in [0.25, 0.3) is 0 Å². The predicted octanol–water partition coefficient (Wildman–Crippen LogP) is 4.78. The van der Waals surface area contributed by atoms with Crippen molar-refractivity contribution in [1.82, 2.24) is 9.78 Å². The molecule has 0 bridgehead atoms. The number of carbonyl (C=O) groups is 1. The third kappa shape index (κ3) is 3.37. The number of rotatable bonds is 5. The molecule has 0 aliphatic heterocycles. The van der Waals surface area contributed by atoms with E-state index in [0.717, 1.165) is 17.0 Å². The summed E-state index contributed by atoms with van der Waals surface area (Å²) in [6.45, 7) is 0. The highest BCUT2D eigenvalue weighted by Gasteiger charge is 2.20. The lowest BCUT2D eigenvalue weighted by atomic mass is 10.0. The average Bonchev–Trinajstić information content (AvgIpc) is 3.20. The van der Waals surface area contributed by atoms with Crippen LogP contribution in [-0.2, 0) is 0 Å². The van der Waals surface area contributed by atoms with E-state index in [4.69, 9.17) is 9.84 Å². The van der Waals surface area contributed by atoms with Crippen LogP contribution in [-0.4, -0.2) is 22.7 Å². The lowest BCUT2D eigenvalue weighted by Crippen LogP contribution is -2.02. The summed E-state index contributed by atoms with van der Waals surface area (Å²) in [5.74, 6) is 0.647. The number of ether oxygens (including phenoxy) is 1. The Bertz CT molecular complexity index is 1050. The Kier molecular flexibility index (Phi) is 4.54. The smallest absolute Gasteiger partial charge is 0.196 e. The van der Waals surface area contributed by atoms with Crippen molar-refractivity contribution in [2.75, 3.05) is 7.11 Å². The van der Waals surface area contributed by atoms with E-state index in [1.165, 1.54) is 0 Å². The van der Waals surface area contributed by atoms with E-state index in [1.807, 2.05) is 60.7 Å². The van der Waals surface area contributed by atoms with Crippen molar-refractivity contribution >= 4 is 5.78 Å². The molecule has 0 amide bonds. The maximum atomic E-state index is 13.2. The largest absolute Gasteiger partial charge is 0.497 e. The first-order valence-corrected chi connectivity index (χ1v) is 8.65. The quantitative estimate of drug-likeness (QED) is 0.485. The third-order valence-corrected chi connectivity index (χ3v) is 4.38. The monoisotopic (exact) mass is 354 g/mol. The fourth-order valence-corrected chi connectivity index (χ4v) is 2.96. The normalized spacial score (nSPS) is 10.6. The van der Waals surface area contributed by atoms with Gasteiger partial charge in [0.1, 0.15) is 11.4 Å². The minimum atomic E-state index is -0.0707. The second-order valence-corrected chi connectivity index (χ2v) is 6.10. The minimum absolute atomic E-state index is 0.0707. The van der Waals surface area contributed by atoms with E-state index in [0.29, 0.717) is 16.8 Å². The number of methoxy groups -OCH3 is 1. The minimum Gasteiger partial charge on any atom is -0.497 e. The first-order chi connectivity index (χ1) is 13.3. The van der Waals surface area contributed by atoms with E-state index < -0.39 is 0 Å². The Morgan fingerprint density at radius 2 is 1.48 bits per heavy atom. The molecule has 0 fully saturated rings. The van der Waals surface area contributed by atoms with Crippen LogP contribution >= 0.6 is 0 Å². The van der Waals surface area contributed by atoms with Crippen molar-refractivity contribution in [2.45, 2.75) is 0 Å². The Hall–Kier alpha value is -3.66. The van der Waals surface area contributed by atoms with Crippen LogP contribution in [0.1, 0.15) is 15.9 Å². The van der Waals surface area contributed by atoms with Gasteiger partial charge in [-0.2, -0.15) is 5.10 Å². The van der Waals surface area contributed by atoms with Crippen LogP contribution in [0.25, 0.3) is 16.9 Å². The van der Waals surface area contributed by atoms with Crippen LogP contribution in [0, 0.1) is 0 Å². The van der Waals surface area contributed by atoms with Crippen molar-refractivity contribution < 1.29 is 9.53 Å². The molecule has 0 aliphatic rings. The van der Waals surface area contributed by atoms with Crippen molar-refractivity contribution in [1.29, 1.82) is 0 Å². The van der Waals surface area contributed by atoms with Gasteiger partial charge in [-0.3, -0.25) is 4.79 Å². The molecule has 4 aromatic rings. The second-order valence-electron chi connectivity index (χ2n) is 6.10. The molecule has 0 N–H and O–H groups in total. The molecule has 0 unspecified atom stereocenters. The topological polar surface area (TPSA) is 44.1 Å². The van der Waals surface area contributed by atoms with E-state index >= 15 is 0 Å². The lowest BCUT2D eigenvalue weighted by molar-refractivity contribution is 0.103. The van der Waals surface area contributed by atoms with Gasteiger partial charge in [0.05, 0.1) is 18.4 Å². The van der Waals surface area contributed by atoms with Crippen molar-refractivity contribution in [2.24, 2.45) is 0 Å². The zero-order chi connectivity index (χ0) is 18.6. The molecule has 4 rings (SSSR count). The summed E-state index contributed by atoms with van der Waals surface area (Å²) >= 11 is 0. The highest BCUT2D eigenvalue weighted by molar-refractivity contribution is 6.12. The summed E-state index contributed by atoms with van der Waals surface area (Å²) < 4.78 is 6.93. The molecule has 0 spiro atoms. The van der Waals surface area contributed by atoms with Crippen molar-refractivity contribution in [3.8, 4) is 22.7 Å². The summed E-state index contributed by atoms with van der Waals surface area (Å²) in [5, 5.41) is 4.70. The number of hydrogen-bond acceptors (Lipinski definition) is 3.